The van der Waals surface area contributed by atoms with Crippen LogP contribution in [0.4, 0.5) is 0 Å². The van der Waals surface area contributed by atoms with Gasteiger partial charge < -0.3 is 70.3 Å². The standard InChI is InChI=1S/C27H33N3O6.C26H32N4O5.C26H30N4O4/c1-35-23-9-4-7-18-17(23)13-19(28-18)25(33)30-15-27(10-5-11-27)14-21(30)24(32)29-20(26(34)36-2)12-16-6-3-8-22(16)31;1-35-22-8-3-6-17-16(22)12-19(28-17)25(34)30-14-26(9-4-10-26)13-20(30)24(33)29-18(23(27)32)11-15-5-2-7-21(15)31;1-34-23-8-3-6-19-18(23)12-20(29-19)25(33)30-15-26(9-4-10-26)13-21(30)24(32)28-17(14-27)11-16-5-2-7-22(16)31/h4,7,9,13,16,20-21,28H,3,5-6,8,10-12,14-15H2,1-2H3,(H,29,32);3,6,8,12,15,18,20,28H,2,4-5,7,9-11,13-14H2,1H3,(H2,27,32)(H,29,33);3,6,8,12,16-17,21,29H,2,4-5,7,9-11,13,15H2,1H3,(H,28,32)/t16-,20-,21-;15-,18-,20-;16-,17-,21-/m000/s1. The van der Waals surface area contributed by atoms with Gasteiger partial charge in [-0.15, -0.1) is 0 Å². The predicted octanol–water partition coefficient (Wildman–Crippen LogP) is 8.60. The number of carbonyl (C=O) groups is 11. The predicted molar refractivity (Wildman–Crippen MR) is 385 cm³/mol. The Balaban J connectivity index is 0.000000140. The highest BCUT2D eigenvalue weighted by atomic mass is 16.5. The maximum atomic E-state index is 13.7. The van der Waals surface area contributed by atoms with Crippen molar-refractivity contribution in [3.8, 4) is 23.3 Å². The number of ketones is 3. The molecule has 3 aromatic heterocycles. The minimum absolute atomic E-state index is 0.0229. The second-order valence-corrected chi connectivity index (χ2v) is 30.9. The molecule has 3 spiro atoms. The fourth-order valence-corrected chi connectivity index (χ4v) is 18.2. The first-order chi connectivity index (χ1) is 50.6. The normalized spacial score (nSPS) is 23.8. The van der Waals surface area contributed by atoms with Gasteiger partial charge in [0.05, 0.1) is 34.5 Å². The van der Waals surface area contributed by atoms with Gasteiger partial charge in [-0.05, 0) is 186 Å². The number of aromatic nitrogens is 3. The summed E-state index contributed by atoms with van der Waals surface area (Å²) in [5.41, 5.74) is 9.00. The number of H-pyrrole nitrogens is 3. The number of hydrogen-bond acceptors (Lipinski definition) is 16. The summed E-state index contributed by atoms with van der Waals surface area (Å²) in [6.45, 7) is 1.54. The molecular formula is C79H95N11O15. The molecule has 0 unspecified atom stereocenters. The Hall–Kier alpha value is -10.1. The van der Waals surface area contributed by atoms with Crippen molar-refractivity contribution in [3.63, 3.8) is 0 Å². The van der Waals surface area contributed by atoms with Crippen LogP contribution in [0, 0.1) is 45.3 Å². The SMILES string of the molecule is COC(=O)[C@H](C[C@@H]1CCCC1=O)NC(=O)[C@@H]1CC2(CCC2)CN1C(=O)c1cc2c(OC)cccc2[nH]1.COc1cccc2[nH]c(C(=O)N3CC4(CCC4)C[C@H]3C(=O)N[C@@H](C[C@@H]3CCCC3=O)C(N)=O)cc12.COc1cccc2[nH]c(C(=O)N3CC4(CCC4)C[C@H]3C(=O)N[C@H](C#N)C[C@@H]3CCCC3=O)cc12. The molecule has 3 aliphatic heterocycles. The third-order valence-corrected chi connectivity index (χ3v) is 24.5. The quantitative estimate of drug-likeness (QED) is 0.0352. The molecule has 26 nitrogen and oxygen atoms in total. The zero-order valence-electron chi connectivity index (χ0n) is 60.2. The second-order valence-electron chi connectivity index (χ2n) is 30.9. The van der Waals surface area contributed by atoms with Crippen molar-refractivity contribution in [2.45, 2.75) is 190 Å². The molecule has 0 bridgehead atoms. The lowest BCUT2D eigenvalue weighted by atomic mass is 9.67. The van der Waals surface area contributed by atoms with Gasteiger partial charge in [-0.1, -0.05) is 37.5 Å². The Morgan fingerprint density at radius 2 is 0.829 bits per heavy atom. The van der Waals surface area contributed by atoms with Gasteiger partial charge in [0, 0.05) is 89.4 Å². The van der Waals surface area contributed by atoms with E-state index in [1.54, 1.807) is 54.2 Å². The average Bonchev–Trinajstić information content (AvgIpc) is 1.61. The number of ether oxygens (including phenoxy) is 4. The summed E-state index contributed by atoms with van der Waals surface area (Å²) >= 11 is 0. The van der Waals surface area contributed by atoms with E-state index in [1.807, 2.05) is 54.6 Å². The first-order valence-electron chi connectivity index (χ1n) is 37.2. The fraction of sp³-hybridized carbons (Fsp3) is 0.544. The van der Waals surface area contributed by atoms with Crippen LogP contribution < -0.4 is 35.9 Å². The summed E-state index contributed by atoms with van der Waals surface area (Å²) in [4.78, 5) is 157. The van der Waals surface area contributed by atoms with Crippen molar-refractivity contribution < 1.29 is 71.7 Å². The van der Waals surface area contributed by atoms with E-state index < -0.39 is 48.1 Å². The summed E-state index contributed by atoms with van der Waals surface area (Å²) in [5.74, 6) is -1.27. The lowest BCUT2D eigenvalue weighted by Crippen LogP contribution is -2.53. The number of likely N-dealkylation sites (tertiary alicyclic amines) is 3. The molecule has 9 fully saturated rings. The number of Topliss-reactive ketones (excluding diaryl/α,β-unsaturated/α-hetero) is 3. The smallest absolute Gasteiger partial charge is 0.328 e. The number of nitrogens with one attached hydrogen (secondary N) is 6. The summed E-state index contributed by atoms with van der Waals surface area (Å²) < 4.78 is 21.2. The van der Waals surface area contributed by atoms with Crippen molar-refractivity contribution >= 4 is 97.4 Å². The fourth-order valence-electron chi connectivity index (χ4n) is 18.2. The summed E-state index contributed by atoms with van der Waals surface area (Å²) in [6.07, 6.45) is 17.8. The van der Waals surface area contributed by atoms with E-state index in [4.69, 9.17) is 24.7 Å². The van der Waals surface area contributed by atoms with E-state index in [0.717, 1.165) is 116 Å². The van der Waals surface area contributed by atoms with Crippen LogP contribution in [0.15, 0.2) is 72.8 Å². The first-order valence-corrected chi connectivity index (χ1v) is 37.2. The molecule has 9 aliphatic rings. The summed E-state index contributed by atoms with van der Waals surface area (Å²) in [6, 6.07) is 19.6. The second kappa shape index (κ2) is 30.6. The number of carbonyl (C=O) groups excluding carboxylic acids is 11. The van der Waals surface area contributed by atoms with Crippen LogP contribution in [0.25, 0.3) is 32.7 Å². The highest BCUT2D eigenvalue weighted by molar-refractivity contribution is 6.05. The van der Waals surface area contributed by atoms with Crippen LogP contribution in [-0.2, 0) is 43.1 Å². The van der Waals surface area contributed by atoms with Crippen LogP contribution in [0.1, 0.15) is 186 Å². The van der Waals surface area contributed by atoms with E-state index in [9.17, 15) is 58.0 Å². The van der Waals surface area contributed by atoms with Crippen LogP contribution in [0.3, 0.4) is 0 Å². The number of nitrogens with zero attached hydrogens (tertiary/aromatic N) is 4. The summed E-state index contributed by atoms with van der Waals surface area (Å²) in [5, 5.41) is 20.5. The van der Waals surface area contributed by atoms with Gasteiger partial charge in [-0.25, -0.2) is 4.79 Å². The summed E-state index contributed by atoms with van der Waals surface area (Å²) in [7, 11) is 6.03. The van der Waals surface area contributed by atoms with E-state index in [0.29, 0.717) is 112 Å². The molecule has 15 rings (SSSR count). The minimum atomic E-state index is -0.929. The minimum Gasteiger partial charge on any atom is -0.496 e. The Labute approximate surface area is 608 Å². The zero-order valence-corrected chi connectivity index (χ0v) is 60.2. The van der Waals surface area contributed by atoms with E-state index in [-0.39, 0.29) is 99.6 Å². The molecule has 7 amide bonds. The van der Waals surface area contributed by atoms with Gasteiger partial charge in [0.2, 0.25) is 23.6 Å². The molecule has 6 aromatic rings. The molecule has 6 aliphatic carbocycles. The number of aromatic amines is 3. The van der Waals surface area contributed by atoms with Crippen LogP contribution in [-0.4, -0.2) is 179 Å². The monoisotopic (exact) mass is 1440 g/mol. The van der Waals surface area contributed by atoms with Crippen molar-refractivity contribution in [1.82, 2.24) is 45.6 Å². The van der Waals surface area contributed by atoms with E-state index in [1.165, 1.54) is 7.11 Å². The average molecular weight is 1440 g/mol. The molecule has 26 heteroatoms. The largest absolute Gasteiger partial charge is 0.496 e. The third-order valence-electron chi connectivity index (χ3n) is 24.5. The van der Waals surface area contributed by atoms with Gasteiger partial charge in [-0.2, -0.15) is 5.26 Å². The number of rotatable bonds is 20. The number of primary amides is 1. The molecule has 105 heavy (non-hydrogen) atoms. The maximum absolute atomic E-state index is 13.7. The number of nitrogens with two attached hydrogens (primary N) is 1. The number of fused-ring (bicyclic) bond motifs is 3. The molecule has 3 aromatic carbocycles. The van der Waals surface area contributed by atoms with Gasteiger partial charge >= 0.3 is 5.97 Å². The number of benzene rings is 3. The van der Waals surface area contributed by atoms with Crippen molar-refractivity contribution in [3.05, 3.63) is 89.9 Å². The van der Waals surface area contributed by atoms with Crippen LogP contribution in [0.2, 0.25) is 0 Å². The zero-order chi connectivity index (χ0) is 74.1. The topological polar surface area (TPSA) is 368 Å². The van der Waals surface area contributed by atoms with Crippen LogP contribution >= 0.6 is 0 Å². The van der Waals surface area contributed by atoms with Gasteiger partial charge in [0.25, 0.3) is 17.7 Å². The Kier molecular flexibility index (Phi) is 21.3. The maximum Gasteiger partial charge on any atom is 0.328 e. The number of esters is 1. The van der Waals surface area contributed by atoms with E-state index in [2.05, 4.69) is 37.0 Å². The van der Waals surface area contributed by atoms with Gasteiger partial charge in [0.15, 0.2) is 0 Å². The molecule has 6 saturated carbocycles. The Morgan fingerprint density at radius 1 is 0.495 bits per heavy atom. The Bertz CT molecular complexity index is 4440. The molecule has 3 saturated heterocycles. The van der Waals surface area contributed by atoms with Crippen molar-refractivity contribution in [2.75, 3.05) is 48.1 Å². The highest BCUT2D eigenvalue weighted by Gasteiger charge is 2.55. The lowest BCUT2D eigenvalue weighted by molar-refractivity contribution is -0.146. The number of amides is 7. The van der Waals surface area contributed by atoms with E-state index >= 15 is 0 Å². The van der Waals surface area contributed by atoms with Gasteiger partial charge in [0.1, 0.15) is 87.9 Å². The lowest BCUT2D eigenvalue weighted by Gasteiger charge is -2.37. The first kappa shape index (κ1) is 73.3. The molecule has 556 valence electrons. The molecular weight excluding hydrogens is 1340 g/mol. The molecule has 8 N–H and O–H groups in total. The highest BCUT2D eigenvalue weighted by Crippen LogP contribution is 2.53. The van der Waals surface area contributed by atoms with Gasteiger partial charge in [-0.3, -0.25) is 47.9 Å². The molecule has 0 radical (unpaired) electrons. The third kappa shape index (κ3) is 15.0. The number of methoxy groups -OCH3 is 4. The number of hydrogen-bond donors (Lipinski definition) is 7. The Morgan fingerprint density at radius 3 is 1.12 bits per heavy atom. The molecule has 9 atom stereocenters. The number of nitriles is 1. The van der Waals surface area contributed by atoms with Crippen molar-refractivity contribution in [2.24, 2.45) is 39.7 Å². The molecule has 6 heterocycles. The van der Waals surface area contributed by atoms with Crippen molar-refractivity contribution in [1.29, 1.82) is 5.26 Å². The van der Waals surface area contributed by atoms with Crippen LogP contribution in [0.5, 0.6) is 17.2 Å².